The number of nitrogens with zero attached hydrogens (tertiary/aromatic N) is 3. The summed E-state index contributed by atoms with van der Waals surface area (Å²) < 4.78 is 0. The average Bonchev–Trinajstić information content (AvgIpc) is 2.59. The second kappa shape index (κ2) is 8.09. The van der Waals surface area contributed by atoms with Crippen LogP contribution in [0.2, 0.25) is 0 Å². The molecule has 0 saturated heterocycles. The van der Waals surface area contributed by atoms with Crippen molar-refractivity contribution in [3.63, 3.8) is 0 Å². The van der Waals surface area contributed by atoms with Crippen LogP contribution >= 0.6 is 0 Å². The molecule has 0 saturated carbocycles. The minimum absolute atomic E-state index is 0.399. The van der Waals surface area contributed by atoms with Crippen LogP contribution in [-0.2, 0) is 0 Å². The van der Waals surface area contributed by atoms with E-state index in [0.717, 1.165) is 13.0 Å². The van der Waals surface area contributed by atoms with E-state index in [2.05, 4.69) is 105 Å². The third-order valence-corrected chi connectivity index (χ3v) is 4.60. The van der Waals surface area contributed by atoms with Crippen LogP contribution in [0.4, 0.5) is 17.1 Å². The van der Waals surface area contributed by atoms with Crippen LogP contribution in [0.1, 0.15) is 31.9 Å². The molecule has 0 heterocycles. The van der Waals surface area contributed by atoms with Crippen molar-refractivity contribution in [1.29, 1.82) is 0 Å². The van der Waals surface area contributed by atoms with Gasteiger partial charge in [0, 0.05) is 51.8 Å². The van der Waals surface area contributed by atoms with Gasteiger partial charge in [-0.3, -0.25) is 0 Å². The maximum atomic E-state index is 2.49. The lowest BCUT2D eigenvalue weighted by atomic mass is 10.0. The molecule has 1 atom stereocenters. The summed E-state index contributed by atoms with van der Waals surface area (Å²) in [5, 5.41) is 0. The van der Waals surface area contributed by atoms with Crippen molar-refractivity contribution in [2.75, 3.05) is 49.4 Å². The fraction of sp³-hybridized carbons (Fsp3) is 0.429. The van der Waals surface area contributed by atoms with Crippen molar-refractivity contribution in [3.05, 3.63) is 54.1 Å². The van der Waals surface area contributed by atoms with Crippen LogP contribution in [0.3, 0.4) is 0 Å². The Labute approximate surface area is 147 Å². The van der Waals surface area contributed by atoms with E-state index in [0.29, 0.717) is 6.04 Å². The van der Waals surface area contributed by atoms with Crippen molar-refractivity contribution < 1.29 is 0 Å². The van der Waals surface area contributed by atoms with Gasteiger partial charge >= 0.3 is 0 Å². The Morgan fingerprint density at radius 3 is 1.46 bits per heavy atom. The van der Waals surface area contributed by atoms with Crippen LogP contribution in [0, 0.1) is 0 Å². The van der Waals surface area contributed by atoms with E-state index in [1.54, 1.807) is 0 Å². The van der Waals surface area contributed by atoms with Gasteiger partial charge in [0.15, 0.2) is 0 Å². The van der Waals surface area contributed by atoms with Crippen LogP contribution in [0.5, 0.6) is 0 Å². The molecule has 3 heteroatoms. The zero-order valence-corrected chi connectivity index (χ0v) is 16.0. The van der Waals surface area contributed by atoms with Gasteiger partial charge in [-0.15, -0.1) is 0 Å². The SMILES string of the molecule is CC[C@H](c1ccc(N(C)C)cc1)N(CC)c1ccc(N(C)C)cc1. The molecule has 0 unspecified atom stereocenters. The van der Waals surface area contributed by atoms with Gasteiger partial charge in [0.25, 0.3) is 0 Å². The summed E-state index contributed by atoms with van der Waals surface area (Å²) in [5.41, 5.74) is 5.14. The molecule has 2 aromatic carbocycles. The second-order valence-electron chi connectivity index (χ2n) is 6.61. The van der Waals surface area contributed by atoms with Crippen molar-refractivity contribution in [2.24, 2.45) is 0 Å². The zero-order chi connectivity index (χ0) is 17.7. The van der Waals surface area contributed by atoms with Gasteiger partial charge in [0.1, 0.15) is 0 Å². The van der Waals surface area contributed by atoms with Crippen molar-refractivity contribution in [1.82, 2.24) is 0 Å². The first-order chi connectivity index (χ1) is 11.5. The van der Waals surface area contributed by atoms with Crippen molar-refractivity contribution in [3.8, 4) is 0 Å². The summed E-state index contributed by atoms with van der Waals surface area (Å²) in [6, 6.07) is 18.2. The first-order valence-electron chi connectivity index (χ1n) is 8.79. The molecular formula is C21H31N3. The predicted octanol–water partition coefficient (Wildman–Crippen LogP) is 4.80. The topological polar surface area (TPSA) is 9.72 Å². The molecule has 0 aliphatic carbocycles. The lowest BCUT2D eigenvalue weighted by molar-refractivity contribution is 0.615. The largest absolute Gasteiger partial charge is 0.378 e. The lowest BCUT2D eigenvalue weighted by Crippen LogP contribution is -2.28. The minimum atomic E-state index is 0.399. The highest BCUT2D eigenvalue weighted by atomic mass is 15.2. The average molecular weight is 326 g/mol. The number of hydrogen-bond donors (Lipinski definition) is 0. The molecule has 0 radical (unpaired) electrons. The van der Waals surface area contributed by atoms with Gasteiger partial charge < -0.3 is 14.7 Å². The van der Waals surface area contributed by atoms with E-state index < -0.39 is 0 Å². The van der Waals surface area contributed by atoms with E-state index in [1.165, 1.54) is 22.6 Å². The maximum Gasteiger partial charge on any atom is 0.0539 e. The second-order valence-corrected chi connectivity index (χ2v) is 6.61. The summed E-state index contributed by atoms with van der Waals surface area (Å²) in [7, 11) is 8.31. The normalized spacial score (nSPS) is 11.9. The number of anilines is 3. The van der Waals surface area contributed by atoms with E-state index in [1.807, 2.05) is 0 Å². The molecule has 0 spiro atoms. The van der Waals surface area contributed by atoms with E-state index in [-0.39, 0.29) is 0 Å². The molecule has 130 valence electrons. The number of benzene rings is 2. The summed E-state index contributed by atoms with van der Waals surface area (Å²) in [4.78, 5) is 6.77. The standard InChI is InChI=1S/C21H31N3/c1-7-21(17-9-11-18(12-10-17)22(3)4)24(8-2)20-15-13-19(14-16-20)23(5)6/h9-16,21H,7-8H2,1-6H3/t21-/m1/s1. The third kappa shape index (κ3) is 4.02. The highest BCUT2D eigenvalue weighted by molar-refractivity contribution is 5.57. The van der Waals surface area contributed by atoms with Gasteiger partial charge in [0.2, 0.25) is 0 Å². The van der Waals surface area contributed by atoms with Crippen molar-refractivity contribution in [2.45, 2.75) is 26.3 Å². The summed E-state index contributed by atoms with van der Waals surface area (Å²) in [6.45, 7) is 5.49. The molecule has 2 rings (SSSR count). The molecule has 0 fully saturated rings. The van der Waals surface area contributed by atoms with E-state index in [9.17, 15) is 0 Å². The molecule has 0 N–H and O–H groups in total. The third-order valence-electron chi connectivity index (χ3n) is 4.60. The summed E-state index contributed by atoms with van der Waals surface area (Å²) >= 11 is 0. The number of rotatable bonds is 7. The fourth-order valence-corrected chi connectivity index (χ4v) is 3.16. The van der Waals surface area contributed by atoms with Gasteiger partial charge in [-0.2, -0.15) is 0 Å². The van der Waals surface area contributed by atoms with Crippen LogP contribution < -0.4 is 14.7 Å². The lowest BCUT2D eigenvalue weighted by Gasteiger charge is -2.33. The fourth-order valence-electron chi connectivity index (χ4n) is 3.16. The monoisotopic (exact) mass is 325 g/mol. The minimum Gasteiger partial charge on any atom is -0.378 e. The Morgan fingerprint density at radius 2 is 1.08 bits per heavy atom. The highest BCUT2D eigenvalue weighted by Crippen LogP contribution is 2.31. The van der Waals surface area contributed by atoms with Crippen LogP contribution in [-0.4, -0.2) is 34.7 Å². The number of hydrogen-bond acceptors (Lipinski definition) is 3. The van der Waals surface area contributed by atoms with Gasteiger partial charge in [0.05, 0.1) is 6.04 Å². The molecule has 0 aliphatic heterocycles. The molecule has 0 amide bonds. The molecular weight excluding hydrogens is 294 g/mol. The molecule has 0 aromatic heterocycles. The first-order valence-corrected chi connectivity index (χ1v) is 8.79. The molecule has 3 nitrogen and oxygen atoms in total. The smallest absolute Gasteiger partial charge is 0.0539 e. The highest BCUT2D eigenvalue weighted by Gasteiger charge is 2.18. The molecule has 0 bridgehead atoms. The summed E-state index contributed by atoms with van der Waals surface area (Å²) in [5.74, 6) is 0. The maximum absolute atomic E-state index is 2.49. The Balaban J connectivity index is 2.28. The Morgan fingerprint density at radius 1 is 0.667 bits per heavy atom. The molecule has 0 aliphatic rings. The first kappa shape index (κ1) is 18.2. The predicted molar refractivity (Wildman–Crippen MR) is 108 cm³/mol. The Hall–Kier alpha value is -2.16. The van der Waals surface area contributed by atoms with Crippen LogP contribution in [0.25, 0.3) is 0 Å². The molecule has 2 aromatic rings. The Bertz CT molecular complexity index is 557. The van der Waals surface area contributed by atoms with E-state index >= 15 is 0 Å². The quantitative estimate of drug-likeness (QED) is 0.724. The van der Waals surface area contributed by atoms with Gasteiger partial charge in [-0.05, 0) is 55.3 Å². The van der Waals surface area contributed by atoms with Gasteiger partial charge in [-0.1, -0.05) is 19.1 Å². The van der Waals surface area contributed by atoms with Crippen LogP contribution in [0.15, 0.2) is 48.5 Å². The zero-order valence-electron chi connectivity index (χ0n) is 16.0. The Kier molecular flexibility index (Phi) is 6.13. The van der Waals surface area contributed by atoms with Crippen molar-refractivity contribution >= 4 is 17.1 Å². The molecule has 24 heavy (non-hydrogen) atoms. The summed E-state index contributed by atoms with van der Waals surface area (Å²) in [6.07, 6.45) is 1.09. The van der Waals surface area contributed by atoms with E-state index in [4.69, 9.17) is 0 Å². The van der Waals surface area contributed by atoms with Gasteiger partial charge in [-0.25, -0.2) is 0 Å².